The molecule has 0 spiro atoms. The number of anilines is 1. The predicted octanol–water partition coefficient (Wildman–Crippen LogP) is 11.9. The zero-order chi connectivity index (χ0) is 48.6. The summed E-state index contributed by atoms with van der Waals surface area (Å²) in [5.74, 6) is 1.52. The molecule has 1 aliphatic rings. The van der Waals surface area contributed by atoms with E-state index in [-0.39, 0.29) is 48.1 Å². The Morgan fingerprint density at radius 3 is 2.06 bits per heavy atom. The van der Waals surface area contributed by atoms with Gasteiger partial charge in [-0.05, 0) is 43.4 Å². The van der Waals surface area contributed by atoms with Crippen LogP contribution in [0.3, 0.4) is 0 Å². The summed E-state index contributed by atoms with van der Waals surface area (Å²) >= 11 is 0. The van der Waals surface area contributed by atoms with Gasteiger partial charge in [-0.3, -0.25) is 18.7 Å². The molecule has 2 aromatic heterocycles. The predicted molar refractivity (Wildman–Crippen MR) is 263 cm³/mol. The smallest absolute Gasteiger partial charge is 0.459 e. The second-order valence-corrected chi connectivity index (χ2v) is 19.6. The number of hydrogen-bond acceptors (Lipinski definition) is 12. The van der Waals surface area contributed by atoms with Crippen LogP contribution < -0.4 is 15.3 Å². The first-order valence-electron chi connectivity index (χ1n) is 25.0. The van der Waals surface area contributed by atoms with Crippen LogP contribution in [-0.2, 0) is 39.3 Å². The summed E-state index contributed by atoms with van der Waals surface area (Å²) in [6, 6.07) is 16.4. The minimum atomic E-state index is -4.58. The molecule has 0 saturated carbocycles. The van der Waals surface area contributed by atoms with Gasteiger partial charge in [0, 0.05) is 12.8 Å². The van der Waals surface area contributed by atoms with Gasteiger partial charge in [0.25, 0.3) is 0 Å². The van der Waals surface area contributed by atoms with E-state index in [4.69, 9.17) is 35.4 Å². The van der Waals surface area contributed by atoms with E-state index in [9.17, 15) is 14.0 Å². The number of esters is 2. The highest BCUT2D eigenvalue weighted by Crippen LogP contribution is 2.49. The average molecular weight is 961 g/mol. The molecule has 372 valence electrons. The summed E-state index contributed by atoms with van der Waals surface area (Å²) in [4.78, 5) is 39.5. The van der Waals surface area contributed by atoms with E-state index in [2.05, 4.69) is 32.9 Å². The lowest BCUT2D eigenvalue weighted by atomic mass is 9.98. The summed E-state index contributed by atoms with van der Waals surface area (Å²) < 4.78 is 62.2. The van der Waals surface area contributed by atoms with Crippen molar-refractivity contribution in [2.45, 2.75) is 192 Å². The number of para-hydroxylation sites is 1. The molecule has 14 nitrogen and oxygen atoms in total. The van der Waals surface area contributed by atoms with Crippen LogP contribution >= 0.6 is 7.75 Å². The highest BCUT2D eigenvalue weighted by molar-refractivity contribution is 7.52. The molecule has 5 rings (SSSR count). The number of hydrogen-bond donors (Lipinski definition) is 2. The number of carbonyl (C=O) groups is 2. The van der Waals surface area contributed by atoms with Gasteiger partial charge in [-0.15, -0.1) is 6.42 Å². The minimum Gasteiger partial charge on any atom is -0.461 e. The molecule has 68 heavy (non-hydrogen) atoms. The van der Waals surface area contributed by atoms with Gasteiger partial charge in [0.05, 0.1) is 6.33 Å². The number of nitrogens with two attached hydrogens (primary N) is 1. The van der Waals surface area contributed by atoms with Crippen LogP contribution in [-0.4, -0.2) is 61.9 Å². The molecule has 1 fully saturated rings. The molecule has 3 N–H and O–H groups in total. The Morgan fingerprint density at radius 2 is 1.47 bits per heavy atom. The number of ether oxygens (including phenoxy) is 3. The van der Waals surface area contributed by atoms with Crippen LogP contribution in [0.4, 0.5) is 10.2 Å². The van der Waals surface area contributed by atoms with E-state index in [0.29, 0.717) is 19.3 Å². The van der Waals surface area contributed by atoms with Gasteiger partial charge in [0.1, 0.15) is 36.8 Å². The second-order valence-electron chi connectivity index (χ2n) is 17.9. The first-order chi connectivity index (χ1) is 33.0. The number of rotatable bonds is 33. The topological polar surface area (TPSA) is 179 Å². The number of nitrogen functional groups attached to an aromatic ring is 1. The van der Waals surface area contributed by atoms with Crippen molar-refractivity contribution in [3.05, 3.63) is 78.6 Å². The molecular weight excluding hydrogens is 887 g/mol. The van der Waals surface area contributed by atoms with Crippen LogP contribution in [0.15, 0.2) is 67.0 Å². The number of fused-ring (bicyclic) bond motifs is 1. The molecule has 0 amide bonds. The molecule has 2 aromatic carbocycles. The first-order valence-corrected chi connectivity index (χ1v) is 26.6. The maximum absolute atomic E-state index is 15.2. The molecule has 3 heterocycles. The fraction of sp³-hybridized carbons (Fsp3) is 0.596. The number of nitrogens with one attached hydrogen (secondary N) is 1. The normalized spacial score (nSPS) is 18.3. The Bertz CT molecular complexity index is 2200. The molecule has 0 radical (unpaired) electrons. The lowest BCUT2D eigenvalue weighted by Crippen LogP contribution is -2.46. The zero-order valence-corrected chi connectivity index (χ0v) is 41.4. The third kappa shape index (κ3) is 17.0. The van der Waals surface area contributed by atoms with Crippen molar-refractivity contribution >= 4 is 36.7 Å². The van der Waals surface area contributed by atoms with E-state index in [1.54, 1.807) is 30.3 Å². The Kier molecular flexibility index (Phi) is 22.7. The molecule has 1 saturated heterocycles. The van der Waals surface area contributed by atoms with Crippen LogP contribution in [0.25, 0.3) is 11.2 Å². The quantitative estimate of drug-likeness (QED) is 0.0152. The number of carbonyl (C=O) groups excluding carboxylic acids is 2. The highest BCUT2D eigenvalue weighted by Gasteiger charge is 2.53. The third-order valence-electron chi connectivity index (χ3n) is 12.3. The number of imidazole rings is 1. The molecule has 5 atom stereocenters. The number of aromatic nitrogens is 4. The molecule has 4 aromatic rings. The fourth-order valence-corrected chi connectivity index (χ4v) is 10.1. The maximum Gasteiger partial charge on any atom is 0.459 e. The SMILES string of the molecule is C#C[C@]1(CO[P@@](=O)(N[C@@H](Cc2ccccc2)C(=O)OC(CCC)CCC)Oc2ccccc2)O[C@@H](n2cnc3c(N)nc(F)nc32)C[C@@H]1OC(=O)CCCCCCCCCCCCCCCCC. The Labute approximate surface area is 403 Å². The number of benzene rings is 2. The molecular formula is C52H74FN6O8P. The van der Waals surface area contributed by atoms with Gasteiger partial charge in [-0.1, -0.05) is 178 Å². The Balaban J connectivity index is 1.31. The van der Waals surface area contributed by atoms with Gasteiger partial charge < -0.3 is 24.5 Å². The first kappa shape index (κ1) is 54.1. The van der Waals surface area contributed by atoms with Crippen molar-refractivity contribution in [3.8, 4) is 18.1 Å². The minimum absolute atomic E-state index is 0.0306. The average Bonchev–Trinajstić information content (AvgIpc) is 3.92. The highest BCUT2D eigenvalue weighted by atomic mass is 31.2. The van der Waals surface area contributed by atoms with Crippen LogP contribution in [0.5, 0.6) is 5.75 Å². The molecule has 0 unspecified atom stereocenters. The standard InChI is InChI=1S/C52H74FN6O8P/c1-5-9-10-11-12-13-14-15-16-17-18-19-20-21-28-35-46(60)65-44-37-45(59-39-55-47-48(54)56-51(53)57-49(47)59)66-52(44,8-4)38-63-68(62,67-42-33-26-23-27-34-42)58-43(36-40-31-24-22-25-32-40)50(61)64-41(29-6-2)30-7-3/h4,22-27,31-34,39,41,43-45H,5-7,9-21,28-30,35-38H2,1-3H3,(H,58,62)(H2,54,56,57)/t43-,44-,45+,52+,68-/m0/s1. The number of nitrogens with zero attached hydrogens (tertiary/aromatic N) is 4. The van der Waals surface area contributed by atoms with Gasteiger partial charge >= 0.3 is 25.8 Å². The summed E-state index contributed by atoms with van der Waals surface area (Å²) in [5, 5.41) is 2.90. The second kappa shape index (κ2) is 28.6. The van der Waals surface area contributed by atoms with Crippen molar-refractivity contribution in [2.75, 3.05) is 12.3 Å². The number of unbranched alkanes of at least 4 members (excludes halogenated alkanes) is 14. The van der Waals surface area contributed by atoms with Crippen molar-refractivity contribution in [1.82, 2.24) is 24.6 Å². The van der Waals surface area contributed by atoms with E-state index >= 15 is 4.57 Å². The van der Waals surface area contributed by atoms with Gasteiger partial charge in [0.15, 0.2) is 22.6 Å². The molecule has 1 aliphatic heterocycles. The van der Waals surface area contributed by atoms with Crippen molar-refractivity contribution in [1.29, 1.82) is 0 Å². The fourth-order valence-electron chi connectivity index (χ4n) is 8.60. The zero-order valence-electron chi connectivity index (χ0n) is 40.5. The maximum atomic E-state index is 15.2. The van der Waals surface area contributed by atoms with E-state index in [1.165, 1.54) is 81.5 Å². The van der Waals surface area contributed by atoms with Crippen molar-refractivity contribution in [3.63, 3.8) is 0 Å². The third-order valence-corrected chi connectivity index (χ3v) is 13.9. The van der Waals surface area contributed by atoms with E-state index in [0.717, 1.165) is 37.7 Å². The lowest BCUT2D eigenvalue weighted by molar-refractivity contribution is -0.158. The Morgan fingerprint density at radius 1 is 0.882 bits per heavy atom. The largest absolute Gasteiger partial charge is 0.461 e. The molecule has 0 aliphatic carbocycles. The summed E-state index contributed by atoms with van der Waals surface area (Å²) in [6.45, 7) is 5.65. The van der Waals surface area contributed by atoms with Crippen LogP contribution in [0, 0.1) is 18.4 Å². The molecule has 0 bridgehead atoms. The van der Waals surface area contributed by atoms with Crippen LogP contribution in [0.2, 0.25) is 0 Å². The van der Waals surface area contributed by atoms with Crippen molar-refractivity contribution in [2.24, 2.45) is 0 Å². The summed E-state index contributed by atoms with van der Waals surface area (Å²) in [6.07, 6.45) is 25.1. The number of halogens is 1. The number of terminal acetylenes is 1. The molecule has 16 heteroatoms. The van der Waals surface area contributed by atoms with Gasteiger partial charge in [0.2, 0.25) is 0 Å². The monoisotopic (exact) mass is 961 g/mol. The summed E-state index contributed by atoms with van der Waals surface area (Å²) in [5.41, 5.74) is 5.04. The Hall–Kier alpha value is -4.87. The lowest BCUT2D eigenvalue weighted by Gasteiger charge is -2.31. The summed E-state index contributed by atoms with van der Waals surface area (Å²) in [7, 11) is -4.58. The van der Waals surface area contributed by atoms with Crippen LogP contribution in [0.1, 0.15) is 167 Å². The van der Waals surface area contributed by atoms with Crippen molar-refractivity contribution < 1.29 is 41.8 Å². The van der Waals surface area contributed by atoms with Gasteiger partial charge in [-0.25, -0.2) is 9.55 Å². The van der Waals surface area contributed by atoms with E-state index in [1.807, 2.05) is 44.2 Å². The van der Waals surface area contributed by atoms with E-state index < -0.39 is 56.3 Å². The van der Waals surface area contributed by atoms with Gasteiger partial charge in [-0.2, -0.15) is 19.4 Å².